The molecule has 0 radical (unpaired) electrons. The van der Waals surface area contributed by atoms with Crippen molar-refractivity contribution in [2.24, 2.45) is 0 Å². The number of hydrogen-bond donors (Lipinski definition) is 0. The molecule has 0 saturated heterocycles. The molecule has 0 amide bonds. The Hall–Kier alpha value is -1.75. The molecule has 2 nitrogen and oxygen atoms in total. The van der Waals surface area contributed by atoms with Gasteiger partial charge in [-0.05, 0) is 31.2 Å². The molecule has 1 aromatic heterocycles. The molecule has 0 aliphatic rings. The monoisotopic (exact) mass is 301 g/mol. The topological polar surface area (TPSA) is 22.1 Å². The molecule has 0 fully saturated rings. The molecule has 0 atom stereocenters. The average Bonchev–Trinajstić information content (AvgIpc) is 2.38. The second kappa shape index (κ2) is 5.71. The van der Waals surface area contributed by atoms with Crippen LogP contribution in [0.4, 0.5) is 13.2 Å². The number of pyridine rings is 1. The quantitative estimate of drug-likeness (QED) is 0.749. The van der Waals surface area contributed by atoms with Crippen LogP contribution in [0.25, 0.3) is 0 Å². The molecule has 0 aliphatic heterocycles. The normalized spacial score (nSPS) is 11.4. The highest BCUT2D eigenvalue weighted by Crippen LogP contribution is 2.32. The third kappa shape index (κ3) is 3.42. The van der Waals surface area contributed by atoms with Crippen molar-refractivity contribution in [1.82, 2.24) is 4.98 Å². The first-order chi connectivity index (χ1) is 9.40. The number of rotatable bonds is 3. The number of alkyl halides is 4. The molecule has 1 heterocycles. The van der Waals surface area contributed by atoms with Gasteiger partial charge in [-0.25, -0.2) is 0 Å². The molecule has 20 heavy (non-hydrogen) atoms. The van der Waals surface area contributed by atoms with E-state index in [0.29, 0.717) is 17.1 Å². The first-order valence-electron chi connectivity index (χ1n) is 5.77. The van der Waals surface area contributed by atoms with Crippen LogP contribution in [0, 0.1) is 6.92 Å². The summed E-state index contributed by atoms with van der Waals surface area (Å²) in [5.41, 5.74) is 0.700. The van der Waals surface area contributed by atoms with Crippen LogP contribution in [0.5, 0.6) is 11.5 Å². The summed E-state index contributed by atoms with van der Waals surface area (Å²) < 4.78 is 42.9. The highest BCUT2D eigenvalue weighted by molar-refractivity contribution is 6.17. The van der Waals surface area contributed by atoms with Gasteiger partial charge in [-0.3, -0.25) is 4.98 Å². The van der Waals surface area contributed by atoms with Gasteiger partial charge >= 0.3 is 6.18 Å². The Balaban J connectivity index is 2.24. The van der Waals surface area contributed by atoms with E-state index in [1.54, 1.807) is 19.2 Å². The summed E-state index contributed by atoms with van der Waals surface area (Å²) in [4.78, 5) is 4.09. The van der Waals surface area contributed by atoms with Crippen molar-refractivity contribution in [2.45, 2.75) is 19.0 Å². The first-order valence-corrected chi connectivity index (χ1v) is 6.30. The lowest BCUT2D eigenvalue weighted by Gasteiger charge is -2.11. The molecular weight excluding hydrogens is 291 g/mol. The Bertz CT molecular complexity index is 596. The van der Waals surface area contributed by atoms with E-state index >= 15 is 0 Å². The molecular formula is C14H11ClF3NO. The van der Waals surface area contributed by atoms with Crippen LogP contribution < -0.4 is 4.74 Å². The lowest BCUT2D eigenvalue weighted by Crippen LogP contribution is -2.04. The molecule has 0 N–H and O–H groups in total. The lowest BCUT2D eigenvalue weighted by atomic mass is 10.2. The fourth-order valence-electron chi connectivity index (χ4n) is 1.60. The highest BCUT2D eigenvalue weighted by Gasteiger charge is 2.30. The molecule has 0 unspecified atom stereocenters. The fraction of sp³-hybridized carbons (Fsp3) is 0.214. The van der Waals surface area contributed by atoms with Gasteiger partial charge in [0, 0.05) is 23.5 Å². The molecule has 106 valence electrons. The van der Waals surface area contributed by atoms with E-state index < -0.39 is 11.7 Å². The zero-order valence-corrected chi connectivity index (χ0v) is 11.3. The number of benzene rings is 1. The van der Waals surface area contributed by atoms with E-state index in [1.807, 2.05) is 0 Å². The van der Waals surface area contributed by atoms with Gasteiger partial charge in [-0.15, -0.1) is 11.6 Å². The highest BCUT2D eigenvalue weighted by atomic mass is 35.5. The minimum absolute atomic E-state index is 0.212. The van der Waals surface area contributed by atoms with Gasteiger partial charge in [0.15, 0.2) is 0 Å². The van der Waals surface area contributed by atoms with E-state index in [2.05, 4.69) is 4.98 Å². The first kappa shape index (κ1) is 14.7. The van der Waals surface area contributed by atoms with Crippen LogP contribution in [0.2, 0.25) is 0 Å². The molecule has 0 bridgehead atoms. The van der Waals surface area contributed by atoms with Gasteiger partial charge in [-0.2, -0.15) is 13.2 Å². The minimum Gasteiger partial charge on any atom is -0.457 e. The fourth-order valence-corrected chi connectivity index (χ4v) is 1.80. The molecule has 6 heteroatoms. The van der Waals surface area contributed by atoms with Gasteiger partial charge in [0.1, 0.15) is 11.5 Å². The Kier molecular flexibility index (Phi) is 4.18. The van der Waals surface area contributed by atoms with Crippen LogP contribution in [-0.2, 0) is 12.1 Å². The molecule has 2 rings (SSSR count). The van der Waals surface area contributed by atoms with Crippen LogP contribution in [0.3, 0.4) is 0 Å². The maximum absolute atomic E-state index is 12.5. The number of aryl methyl sites for hydroxylation is 1. The summed E-state index contributed by atoms with van der Waals surface area (Å²) in [5, 5.41) is 0. The second-order valence-electron chi connectivity index (χ2n) is 4.19. The van der Waals surface area contributed by atoms with Crippen LogP contribution in [-0.4, -0.2) is 4.98 Å². The van der Waals surface area contributed by atoms with E-state index in [1.165, 1.54) is 12.1 Å². The predicted molar refractivity (Wildman–Crippen MR) is 70.0 cm³/mol. The number of nitrogens with zero attached hydrogens (tertiary/aromatic N) is 1. The summed E-state index contributed by atoms with van der Waals surface area (Å²) in [6.07, 6.45) is -2.77. The van der Waals surface area contributed by atoms with Crippen LogP contribution in [0.15, 0.2) is 36.5 Å². The van der Waals surface area contributed by atoms with Crippen molar-refractivity contribution in [3.63, 3.8) is 0 Å². The smallest absolute Gasteiger partial charge is 0.416 e. The number of aromatic nitrogens is 1. The van der Waals surface area contributed by atoms with E-state index in [0.717, 1.165) is 17.8 Å². The maximum Gasteiger partial charge on any atom is 0.416 e. The lowest BCUT2D eigenvalue weighted by molar-refractivity contribution is -0.137. The Morgan fingerprint density at radius 1 is 1.20 bits per heavy atom. The maximum atomic E-state index is 12.5. The zero-order chi connectivity index (χ0) is 14.8. The van der Waals surface area contributed by atoms with Gasteiger partial charge < -0.3 is 4.74 Å². The van der Waals surface area contributed by atoms with Gasteiger partial charge in [-0.1, -0.05) is 0 Å². The van der Waals surface area contributed by atoms with Crippen molar-refractivity contribution >= 4 is 11.6 Å². The minimum atomic E-state index is -4.35. The van der Waals surface area contributed by atoms with E-state index in [-0.39, 0.29) is 5.88 Å². The van der Waals surface area contributed by atoms with Crippen LogP contribution >= 0.6 is 11.6 Å². The Morgan fingerprint density at radius 3 is 2.40 bits per heavy atom. The van der Waals surface area contributed by atoms with Crippen LogP contribution in [0.1, 0.15) is 16.8 Å². The summed E-state index contributed by atoms with van der Waals surface area (Å²) in [7, 11) is 0. The molecule has 0 aliphatic carbocycles. The molecule has 0 saturated carbocycles. The van der Waals surface area contributed by atoms with Crippen molar-refractivity contribution in [2.75, 3.05) is 0 Å². The summed E-state index contributed by atoms with van der Waals surface area (Å²) in [5.74, 6) is 1.02. The summed E-state index contributed by atoms with van der Waals surface area (Å²) >= 11 is 5.77. The van der Waals surface area contributed by atoms with Crippen molar-refractivity contribution in [3.05, 3.63) is 53.3 Å². The SMILES string of the molecule is Cc1cc(Oc2ccc(C(F)(F)F)cc2)c(CCl)cn1. The second-order valence-corrected chi connectivity index (χ2v) is 4.46. The largest absolute Gasteiger partial charge is 0.457 e. The van der Waals surface area contributed by atoms with Gasteiger partial charge in [0.25, 0.3) is 0 Å². The molecule has 2 aromatic rings. The summed E-state index contributed by atoms with van der Waals surface area (Å²) in [6.45, 7) is 1.79. The third-order valence-corrected chi connectivity index (χ3v) is 2.92. The van der Waals surface area contributed by atoms with Crippen molar-refractivity contribution in [3.8, 4) is 11.5 Å². The van der Waals surface area contributed by atoms with E-state index in [4.69, 9.17) is 16.3 Å². The molecule has 0 spiro atoms. The van der Waals surface area contributed by atoms with Gasteiger partial charge in [0.2, 0.25) is 0 Å². The van der Waals surface area contributed by atoms with Gasteiger partial charge in [0.05, 0.1) is 11.4 Å². The zero-order valence-electron chi connectivity index (χ0n) is 10.5. The standard InChI is InChI=1S/C14H11ClF3NO/c1-9-6-13(10(7-15)8-19-9)20-12-4-2-11(3-5-12)14(16,17)18/h2-6,8H,7H2,1H3. The molecule has 1 aromatic carbocycles. The predicted octanol–water partition coefficient (Wildman–Crippen LogP) is 4.94. The van der Waals surface area contributed by atoms with Crippen molar-refractivity contribution < 1.29 is 17.9 Å². The van der Waals surface area contributed by atoms with E-state index in [9.17, 15) is 13.2 Å². The Labute approximate surface area is 119 Å². The number of halogens is 4. The number of hydrogen-bond acceptors (Lipinski definition) is 2. The number of ether oxygens (including phenoxy) is 1. The third-order valence-electron chi connectivity index (χ3n) is 2.63. The Morgan fingerprint density at radius 2 is 1.85 bits per heavy atom. The van der Waals surface area contributed by atoms with Crippen molar-refractivity contribution in [1.29, 1.82) is 0 Å². The average molecular weight is 302 g/mol. The summed E-state index contributed by atoms with van der Waals surface area (Å²) in [6, 6.07) is 6.19.